The van der Waals surface area contributed by atoms with Crippen molar-refractivity contribution in [3.05, 3.63) is 69.3 Å². The molecule has 0 saturated heterocycles. The van der Waals surface area contributed by atoms with Crippen LogP contribution in [0.2, 0.25) is 10.0 Å². The van der Waals surface area contributed by atoms with E-state index in [0.717, 1.165) is 11.1 Å². The van der Waals surface area contributed by atoms with Crippen molar-refractivity contribution in [1.29, 1.82) is 0 Å². The van der Waals surface area contributed by atoms with Gasteiger partial charge < -0.3 is 4.74 Å². The Morgan fingerprint density at radius 1 is 1.04 bits per heavy atom. The quantitative estimate of drug-likeness (QED) is 0.462. The van der Waals surface area contributed by atoms with E-state index in [0.29, 0.717) is 21.5 Å². The van der Waals surface area contributed by atoms with Gasteiger partial charge in [-0.25, -0.2) is 4.79 Å². The van der Waals surface area contributed by atoms with Crippen molar-refractivity contribution in [2.24, 2.45) is 0 Å². The van der Waals surface area contributed by atoms with Crippen LogP contribution in [0, 0.1) is 13.8 Å². The van der Waals surface area contributed by atoms with Crippen molar-refractivity contribution in [2.45, 2.75) is 13.8 Å². The Balaban J connectivity index is 2.04. The molecule has 0 unspecified atom stereocenters. The van der Waals surface area contributed by atoms with Crippen molar-refractivity contribution >= 4 is 40.1 Å². The highest BCUT2D eigenvalue weighted by Gasteiger charge is 2.17. The van der Waals surface area contributed by atoms with E-state index in [-0.39, 0.29) is 10.8 Å². The van der Waals surface area contributed by atoms with Crippen molar-refractivity contribution in [3.8, 4) is 5.75 Å². The van der Waals surface area contributed by atoms with Crippen LogP contribution in [-0.4, -0.2) is 11.0 Å². The summed E-state index contributed by atoms with van der Waals surface area (Å²) in [6, 6.07) is 10.5. The summed E-state index contributed by atoms with van der Waals surface area (Å²) in [7, 11) is 0. The van der Waals surface area contributed by atoms with Crippen LogP contribution in [-0.2, 0) is 0 Å². The molecule has 1 heterocycles. The molecule has 5 heteroatoms. The van der Waals surface area contributed by atoms with Crippen molar-refractivity contribution in [2.75, 3.05) is 0 Å². The van der Waals surface area contributed by atoms with Crippen LogP contribution >= 0.6 is 23.2 Å². The molecule has 3 aromatic rings. The van der Waals surface area contributed by atoms with Gasteiger partial charge in [0.15, 0.2) is 5.75 Å². The summed E-state index contributed by atoms with van der Waals surface area (Å²) in [5.74, 6) is -0.265. The van der Waals surface area contributed by atoms with E-state index in [1.165, 1.54) is 0 Å². The molecule has 1 aromatic heterocycles. The lowest BCUT2D eigenvalue weighted by molar-refractivity contribution is 0.0737. The number of benzene rings is 2. The van der Waals surface area contributed by atoms with E-state index in [1.807, 2.05) is 19.9 Å². The summed E-state index contributed by atoms with van der Waals surface area (Å²) in [6.07, 6.45) is 1.60. The first kappa shape index (κ1) is 15.8. The number of hydrogen-bond acceptors (Lipinski definition) is 3. The van der Waals surface area contributed by atoms with Gasteiger partial charge in [0.2, 0.25) is 0 Å². The smallest absolute Gasteiger partial charge is 0.343 e. The Hall–Kier alpha value is -2.10. The zero-order chi connectivity index (χ0) is 16.6. The van der Waals surface area contributed by atoms with Crippen LogP contribution in [0.1, 0.15) is 21.5 Å². The molecule has 3 nitrogen and oxygen atoms in total. The molecule has 0 fully saturated rings. The first-order valence-electron chi connectivity index (χ1n) is 6.99. The molecular weight excluding hydrogens is 333 g/mol. The third-order valence-electron chi connectivity index (χ3n) is 3.69. The fraction of sp³-hybridized carbons (Fsp3) is 0.111. The zero-order valence-corrected chi connectivity index (χ0v) is 14.1. The average molecular weight is 346 g/mol. The number of rotatable bonds is 2. The summed E-state index contributed by atoms with van der Waals surface area (Å²) in [4.78, 5) is 16.7. The summed E-state index contributed by atoms with van der Waals surface area (Å²) >= 11 is 12.4. The zero-order valence-electron chi connectivity index (χ0n) is 12.6. The molecule has 0 aliphatic rings. The maximum atomic E-state index is 12.4. The van der Waals surface area contributed by atoms with E-state index < -0.39 is 5.97 Å². The van der Waals surface area contributed by atoms with Gasteiger partial charge in [0.05, 0.1) is 15.6 Å². The number of nitrogens with zero attached hydrogens (tertiary/aromatic N) is 1. The van der Waals surface area contributed by atoms with E-state index >= 15 is 0 Å². The first-order valence-corrected chi connectivity index (χ1v) is 7.75. The molecular formula is C18H13Cl2NO2. The van der Waals surface area contributed by atoms with Crippen molar-refractivity contribution in [3.63, 3.8) is 0 Å². The molecule has 23 heavy (non-hydrogen) atoms. The summed E-state index contributed by atoms with van der Waals surface area (Å²) in [5.41, 5.74) is 3.05. The number of halogens is 2. The monoisotopic (exact) mass is 345 g/mol. The molecule has 2 aromatic carbocycles. The largest absolute Gasteiger partial charge is 0.419 e. The van der Waals surface area contributed by atoms with Gasteiger partial charge in [0.1, 0.15) is 5.52 Å². The van der Waals surface area contributed by atoms with Gasteiger partial charge >= 0.3 is 5.97 Å². The van der Waals surface area contributed by atoms with Gasteiger partial charge in [-0.3, -0.25) is 4.98 Å². The average Bonchev–Trinajstić information content (AvgIpc) is 2.54. The van der Waals surface area contributed by atoms with Crippen LogP contribution < -0.4 is 4.74 Å². The molecule has 0 saturated carbocycles. The fourth-order valence-electron chi connectivity index (χ4n) is 2.26. The van der Waals surface area contributed by atoms with Gasteiger partial charge in [-0.05, 0) is 55.3 Å². The number of aryl methyl sites for hydroxylation is 2. The SMILES string of the molecule is Cc1ccc(C(=O)Oc2c(Cl)cc(Cl)c3cccnc23)cc1C. The normalized spacial score (nSPS) is 10.8. The molecule has 0 aliphatic carbocycles. The Morgan fingerprint density at radius 3 is 2.57 bits per heavy atom. The summed E-state index contributed by atoms with van der Waals surface area (Å²) in [6.45, 7) is 3.93. The second-order valence-corrected chi connectivity index (χ2v) is 6.07. The Kier molecular flexibility index (Phi) is 4.24. The minimum atomic E-state index is -0.482. The second kappa shape index (κ2) is 6.19. The Bertz CT molecular complexity index is 922. The van der Waals surface area contributed by atoms with Gasteiger partial charge in [-0.1, -0.05) is 29.3 Å². The van der Waals surface area contributed by atoms with Crippen LogP contribution in [0.15, 0.2) is 42.6 Å². The van der Waals surface area contributed by atoms with E-state index in [9.17, 15) is 4.79 Å². The number of esters is 1. The summed E-state index contributed by atoms with van der Waals surface area (Å²) in [5, 5.41) is 1.39. The highest BCUT2D eigenvalue weighted by atomic mass is 35.5. The van der Waals surface area contributed by atoms with Crippen LogP contribution in [0.25, 0.3) is 10.9 Å². The van der Waals surface area contributed by atoms with E-state index in [1.54, 1.807) is 36.5 Å². The van der Waals surface area contributed by atoms with Gasteiger partial charge in [-0.2, -0.15) is 0 Å². The number of aromatic nitrogens is 1. The lowest BCUT2D eigenvalue weighted by atomic mass is 10.1. The van der Waals surface area contributed by atoms with Crippen LogP contribution in [0.4, 0.5) is 0 Å². The molecule has 0 bridgehead atoms. The second-order valence-electron chi connectivity index (χ2n) is 5.26. The predicted molar refractivity (Wildman–Crippen MR) is 92.6 cm³/mol. The maximum Gasteiger partial charge on any atom is 0.343 e. The number of pyridine rings is 1. The van der Waals surface area contributed by atoms with E-state index in [4.69, 9.17) is 27.9 Å². The first-order chi connectivity index (χ1) is 11.0. The predicted octanol–water partition coefficient (Wildman–Crippen LogP) is 5.38. The lowest BCUT2D eigenvalue weighted by Gasteiger charge is -2.11. The fourth-order valence-corrected chi connectivity index (χ4v) is 2.82. The summed E-state index contributed by atoms with van der Waals surface area (Å²) < 4.78 is 5.50. The molecule has 0 aliphatic heterocycles. The van der Waals surface area contributed by atoms with Crippen LogP contribution in [0.5, 0.6) is 5.75 Å². The molecule has 0 spiro atoms. The topological polar surface area (TPSA) is 39.2 Å². The Morgan fingerprint density at radius 2 is 1.83 bits per heavy atom. The number of fused-ring (bicyclic) bond motifs is 1. The molecule has 0 amide bonds. The Labute approximate surface area is 143 Å². The minimum Gasteiger partial charge on any atom is -0.419 e. The highest BCUT2D eigenvalue weighted by molar-refractivity contribution is 6.39. The number of hydrogen-bond donors (Lipinski definition) is 0. The lowest BCUT2D eigenvalue weighted by Crippen LogP contribution is -2.10. The number of carbonyl (C=O) groups excluding carboxylic acids is 1. The van der Waals surface area contributed by atoms with Gasteiger partial charge in [0, 0.05) is 11.6 Å². The minimum absolute atomic E-state index is 0.217. The molecule has 3 rings (SSSR count). The van der Waals surface area contributed by atoms with Gasteiger partial charge in [0.25, 0.3) is 0 Å². The van der Waals surface area contributed by atoms with Crippen LogP contribution in [0.3, 0.4) is 0 Å². The van der Waals surface area contributed by atoms with Gasteiger partial charge in [-0.15, -0.1) is 0 Å². The maximum absolute atomic E-state index is 12.4. The van der Waals surface area contributed by atoms with E-state index in [2.05, 4.69) is 4.98 Å². The molecule has 0 radical (unpaired) electrons. The highest BCUT2D eigenvalue weighted by Crippen LogP contribution is 2.37. The molecule has 116 valence electrons. The van der Waals surface area contributed by atoms with Crippen molar-refractivity contribution < 1.29 is 9.53 Å². The number of carbonyl (C=O) groups is 1. The standard InChI is InChI=1S/C18H13Cl2NO2/c1-10-5-6-12(8-11(10)2)18(22)23-17-15(20)9-14(19)13-4-3-7-21-16(13)17/h3-9H,1-2H3. The molecule has 0 N–H and O–H groups in total. The third kappa shape index (κ3) is 3.03. The molecule has 0 atom stereocenters. The number of ether oxygens (including phenoxy) is 1. The third-order valence-corrected chi connectivity index (χ3v) is 4.28. The van der Waals surface area contributed by atoms with Crippen molar-refractivity contribution in [1.82, 2.24) is 4.98 Å².